The van der Waals surface area contributed by atoms with Gasteiger partial charge in [0.05, 0.1) is 6.54 Å². The second kappa shape index (κ2) is 15.6. The van der Waals surface area contributed by atoms with Crippen LogP contribution < -0.4 is 16.0 Å². The summed E-state index contributed by atoms with van der Waals surface area (Å²) in [5, 5.41) is 9.44. The molecule has 0 aliphatic carbocycles. The molecule has 1 amide bonds. The van der Waals surface area contributed by atoms with Crippen LogP contribution in [0.15, 0.2) is 29.3 Å². The highest BCUT2D eigenvalue weighted by molar-refractivity contribution is 14.0. The van der Waals surface area contributed by atoms with E-state index in [2.05, 4.69) is 53.5 Å². The molecular formula is C21H38IN5O. The smallest absolute Gasteiger partial charge is 0.251 e. The van der Waals surface area contributed by atoms with Crippen LogP contribution in [0, 0.1) is 0 Å². The maximum absolute atomic E-state index is 11.8. The first-order valence-corrected chi connectivity index (χ1v) is 10.1. The molecule has 1 aromatic rings. The van der Waals surface area contributed by atoms with Crippen LogP contribution in [0.25, 0.3) is 0 Å². The fourth-order valence-corrected chi connectivity index (χ4v) is 2.91. The van der Waals surface area contributed by atoms with E-state index in [0.717, 1.165) is 44.1 Å². The number of aliphatic imine (C=N–C) groups is 1. The zero-order chi connectivity index (χ0) is 20.1. The summed E-state index contributed by atoms with van der Waals surface area (Å²) in [6, 6.07) is 7.95. The van der Waals surface area contributed by atoms with Gasteiger partial charge in [0.1, 0.15) is 0 Å². The Hall–Kier alpha value is -1.35. The largest absolute Gasteiger partial charge is 0.357 e. The van der Waals surface area contributed by atoms with Crippen LogP contribution in [0.4, 0.5) is 0 Å². The third-order valence-corrected chi connectivity index (χ3v) is 4.57. The fourth-order valence-electron chi connectivity index (χ4n) is 2.91. The first-order chi connectivity index (χ1) is 13.0. The Morgan fingerprint density at radius 2 is 1.93 bits per heavy atom. The van der Waals surface area contributed by atoms with Crippen LogP contribution in [-0.4, -0.2) is 56.0 Å². The number of carbonyl (C=O) groups excluding carboxylic acids is 1. The monoisotopic (exact) mass is 503 g/mol. The Balaban J connectivity index is 0.00000729. The normalized spacial score (nSPS) is 12.3. The number of halogens is 1. The van der Waals surface area contributed by atoms with E-state index in [-0.39, 0.29) is 29.9 Å². The van der Waals surface area contributed by atoms with Crippen LogP contribution >= 0.6 is 24.0 Å². The van der Waals surface area contributed by atoms with Gasteiger partial charge in [-0.25, -0.2) is 4.99 Å². The fraction of sp³-hybridized carbons (Fsp3) is 0.619. The minimum absolute atomic E-state index is 0. The number of amides is 1. The summed E-state index contributed by atoms with van der Waals surface area (Å²) in [4.78, 5) is 18.9. The number of guanidine groups is 1. The Labute approximate surface area is 188 Å². The average Bonchev–Trinajstić information content (AvgIpc) is 2.69. The molecule has 6 nitrogen and oxygen atoms in total. The quantitative estimate of drug-likeness (QED) is 0.247. The van der Waals surface area contributed by atoms with Crippen LogP contribution in [0.3, 0.4) is 0 Å². The molecule has 1 rings (SSSR count). The highest BCUT2D eigenvalue weighted by Crippen LogP contribution is 2.07. The van der Waals surface area contributed by atoms with Crippen LogP contribution in [0.2, 0.25) is 0 Å². The van der Waals surface area contributed by atoms with Crippen molar-refractivity contribution < 1.29 is 4.79 Å². The van der Waals surface area contributed by atoms with E-state index >= 15 is 0 Å². The lowest BCUT2D eigenvalue weighted by Gasteiger charge is -2.21. The molecule has 1 unspecified atom stereocenters. The maximum Gasteiger partial charge on any atom is 0.251 e. The summed E-state index contributed by atoms with van der Waals surface area (Å²) < 4.78 is 0. The van der Waals surface area contributed by atoms with Gasteiger partial charge in [-0.05, 0) is 64.0 Å². The van der Waals surface area contributed by atoms with Crippen molar-refractivity contribution in [2.75, 3.05) is 33.2 Å². The topological polar surface area (TPSA) is 68.8 Å². The molecule has 0 fully saturated rings. The van der Waals surface area contributed by atoms with E-state index in [1.165, 1.54) is 6.42 Å². The molecule has 0 bridgehead atoms. The molecule has 0 saturated heterocycles. The number of nitrogens with zero attached hydrogens (tertiary/aromatic N) is 2. The molecular weight excluding hydrogens is 465 g/mol. The summed E-state index contributed by atoms with van der Waals surface area (Å²) in [6.45, 7) is 13.4. The molecule has 7 heteroatoms. The van der Waals surface area contributed by atoms with Crippen molar-refractivity contribution in [3.05, 3.63) is 35.4 Å². The summed E-state index contributed by atoms with van der Waals surface area (Å²) >= 11 is 0. The average molecular weight is 503 g/mol. The van der Waals surface area contributed by atoms with Crippen molar-refractivity contribution in [2.45, 2.75) is 53.1 Å². The summed E-state index contributed by atoms with van der Waals surface area (Å²) in [5.41, 5.74) is 1.68. The van der Waals surface area contributed by atoms with Gasteiger partial charge in [-0.3, -0.25) is 4.79 Å². The Morgan fingerprint density at radius 3 is 2.54 bits per heavy atom. The summed E-state index contributed by atoms with van der Waals surface area (Å²) in [6.07, 6.45) is 2.27. The van der Waals surface area contributed by atoms with E-state index in [0.29, 0.717) is 18.2 Å². The van der Waals surface area contributed by atoms with Crippen molar-refractivity contribution in [1.29, 1.82) is 0 Å². The zero-order valence-corrected chi connectivity index (χ0v) is 20.4. The number of carbonyl (C=O) groups is 1. The molecule has 28 heavy (non-hydrogen) atoms. The van der Waals surface area contributed by atoms with E-state index in [4.69, 9.17) is 0 Å². The van der Waals surface area contributed by atoms with Gasteiger partial charge in [0, 0.05) is 25.2 Å². The molecule has 0 spiro atoms. The van der Waals surface area contributed by atoms with E-state index in [1.807, 2.05) is 24.3 Å². The first kappa shape index (κ1) is 26.6. The Morgan fingerprint density at radius 1 is 1.21 bits per heavy atom. The second-order valence-electron chi connectivity index (χ2n) is 6.69. The third-order valence-electron chi connectivity index (χ3n) is 4.57. The van der Waals surface area contributed by atoms with Gasteiger partial charge in [0.2, 0.25) is 0 Å². The number of nitrogens with one attached hydrogen (secondary N) is 3. The molecule has 1 atom stereocenters. The number of benzene rings is 1. The molecule has 1 aromatic carbocycles. The van der Waals surface area contributed by atoms with Crippen molar-refractivity contribution >= 4 is 35.8 Å². The molecule has 0 aromatic heterocycles. The number of rotatable bonds is 11. The lowest BCUT2D eigenvalue weighted by molar-refractivity contribution is 0.0963. The van der Waals surface area contributed by atoms with E-state index < -0.39 is 0 Å². The van der Waals surface area contributed by atoms with Gasteiger partial charge in [-0.15, -0.1) is 24.0 Å². The predicted molar refractivity (Wildman–Crippen MR) is 130 cm³/mol. The van der Waals surface area contributed by atoms with Crippen molar-refractivity contribution in [2.24, 2.45) is 4.99 Å². The van der Waals surface area contributed by atoms with Gasteiger partial charge in [-0.2, -0.15) is 0 Å². The van der Waals surface area contributed by atoms with Gasteiger partial charge in [-0.1, -0.05) is 26.0 Å². The highest BCUT2D eigenvalue weighted by atomic mass is 127. The first-order valence-electron chi connectivity index (χ1n) is 10.1. The minimum atomic E-state index is -0.0762. The summed E-state index contributed by atoms with van der Waals surface area (Å²) in [5.74, 6) is 0.742. The van der Waals surface area contributed by atoms with Gasteiger partial charge < -0.3 is 20.9 Å². The zero-order valence-electron chi connectivity index (χ0n) is 18.0. The molecule has 0 aliphatic heterocycles. The van der Waals surface area contributed by atoms with Gasteiger partial charge in [0.15, 0.2) is 5.96 Å². The SMILES string of the molecule is CCNC(=NCc1cccc(C(=O)NC)c1)NC(C)CCCN(CC)CC.I. The van der Waals surface area contributed by atoms with Crippen LogP contribution in [-0.2, 0) is 6.54 Å². The predicted octanol–water partition coefficient (Wildman–Crippen LogP) is 3.23. The van der Waals surface area contributed by atoms with Crippen LogP contribution in [0.1, 0.15) is 56.5 Å². The van der Waals surface area contributed by atoms with Crippen molar-refractivity contribution in [3.63, 3.8) is 0 Å². The second-order valence-corrected chi connectivity index (χ2v) is 6.69. The lowest BCUT2D eigenvalue weighted by Crippen LogP contribution is -2.42. The summed E-state index contributed by atoms with van der Waals surface area (Å²) in [7, 11) is 1.64. The molecule has 0 saturated carbocycles. The van der Waals surface area contributed by atoms with Crippen LogP contribution in [0.5, 0.6) is 0 Å². The Kier molecular flexibility index (Phi) is 14.8. The highest BCUT2D eigenvalue weighted by Gasteiger charge is 2.07. The molecule has 160 valence electrons. The standard InChI is InChI=1S/C21H37N5O.HI/c1-6-23-21(25-17(4)11-10-14-26(7-2)8-3)24-16-18-12-9-13-19(15-18)20(27)22-5;/h9,12-13,15,17H,6-8,10-11,14,16H2,1-5H3,(H,22,27)(H2,23,24,25);1H. The molecule has 0 heterocycles. The molecule has 0 aliphatic rings. The van der Waals surface area contributed by atoms with Crippen molar-refractivity contribution in [3.8, 4) is 0 Å². The maximum atomic E-state index is 11.8. The Bertz CT molecular complexity index is 590. The third kappa shape index (κ3) is 10.3. The minimum Gasteiger partial charge on any atom is -0.357 e. The van der Waals surface area contributed by atoms with Gasteiger partial charge >= 0.3 is 0 Å². The van der Waals surface area contributed by atoms with E-state index in [9.17, 15) is 4.79 Å². The van der Waals surface area contributed by atoms with Crippen molar-refractivity contribution in [1.82, 2.24) is 20.9 Å². The molecule has 3 N–H and O–H groups in total. The van der Waals surface area contributed by atoms with E-state index in [1.54, 1.807) is 7.05 Å². The molecule has 0 radical (unpaired) electrons. The van der Waals surface area contributed by atoms with Gasteiger partial charge in [0.25, 0.3) is 5.91 Å². The lowest BCUT2D eigenvalue weighted by atomic mass is 10.1. The number of hydrogen-bond donors (Lipinski definition) is 3. The number of hydrogen-bond acceptors (Lipinski definition) is 3.